The number of aliphatic hydroxyl groups excluding tert-OH is 1. The van der Waals surface area contributed by atoms with Gasteiger partial charge in [0.25, 0.3) is 0 Å². The summed E-state index contributed by atoms with van der Waals surface area (Å²) < 4.78 is 31.4. The van der Waals surface area contributed by atoms with E-state index in [4.69, 9.17) is 23.4 Å². The molecule has 2 aliphatic rings. The quantitative estimate of drug-likeness (QED) is 0.173. The Morgan fingerprint density at radius 2 is 1.76 bits per heavy atom. The molecule has 0 saturated carbocycles. The first-order chi connectivity index (χ1) is 18.3. The molecule has 7 heteroatoms. The highest BCUT2D eigenvalue weighted by molar-refractivity contribution is 6.73. The molecule has 3 rings (SSSR count). The van der Waals surface area contributed by atoms with Gasteiger partial charge in [0.05, 0.1) is 32.0 Å². The Bertz CT molecular complexity index is 807. The van der Waals surface area contributed by atoms with E-state index in [1.807, 2.05) is 24.3 Å². The van der Waals surface area contributed by atoms with Crippen molar-refractivity contribution in [3.05, 3.63) is 29.8 Å². The highest BCUT2D eigenvalue weighted by atomic mass is 28.4. The van der Waals surface area contributed by atoms with Crippen LogP contribution in [0.15, 0.2) is 24.3 Å². The minimum absolute atomic E-state index is 0.0929. The molecule has 38 heavy (non-hydrogen) atoms. The molecule has 0 amide bonds. The SMILES string of the molecule is CCCC[C@]1([C@@H](O)CO[Si](CC)(CC)CC)CC[C@]2(CC[C@H](C)[C@@H](CCOCc3ccc(OC)cc3)O2)O1. The van der Waals surface area contributed by atoms with Gasteiger partial charge in [0, 0.05) is 19.4 Å². The summed E-state index contributed by atoms with van der Waals surface area (Å²) in [5.41, 5.74) is 0.554. The van der Waals surface area contributed by atoms with Crippen LogP contribution in [-0.2, 0) is 25.2 Å². The van der Waals surface area contributed by atoms with Gasteiger partial charge >= 0.3 is 0 Å². The molecule has 6 nitrogen and oxygen atoms in total. The second kappa shape index (κ2) is 14.6. The van der Waals surface area contributed by atoms with Crippen molar-refractivity contribution in [2.75, 3.05) is 20.3 Å². The predicted molar refractivity (Wildman–Crippen MR) is 155 cm³/mol. The van der Waals surface area contributed by atoms with Gasteiger partial charge in [-0.1, -0.05) is 59.6 Å². The molecule has 5 atom stereocenters. The van der Waals surface area contributed by atoms with Crippen molar-refractivity contribution >= 4 is 8.32 Å². The summed E-state index contributed by atoms with van der Waals surface area (Å²) in [6, 6.07) is 11.3. The van der Waals surface area contributed by atoms with E-state index in [1.54, 1.807) is 7.11 Å². The standard InChI is InChI=1S/C31H54O6Si/c1-7-11-18-30(29(32)24-35-38(8-2,9-3)10-4)20-21-31(37-30)19-16-25(5)28(36-31)17-22-34-23-26-12-14-27(33-6)15-13-26/h12-15,25,28-29,32H,7-11,16-24H2,1-6H3/t25-,28+,29-,30+,31-/m0/s1. The number of methoxy groups -OCH3 is 1. The molecular formula is C31H54O6Si. The van der Waals surface area contributed by atoms with E-state index in [1.165, 1.54) is 0 Å². The van der Waals surface area contributed by atoms with Crippen molar-refractivity contribution in [3.63, 3.8) is 0 Å². The van der Waals surface area contributed by atoms with Gasteiger partial charge in [-0.15, -0.1) is 0 Å². The van der Waals surface area contributed by atoms with Crippen LogP contribution in [0.25, 0.3) is 0 Å². The lowest BCUT2D eigenvalue weighted by Crippen LogP contribution is -2.52. The summed E-state index contributed by atoms with van der Waals surface area (Å²) >= 11 is 0. The van der Waals surface area contributed by atoms with Crippen molar-refractivity contribution in [1.82, 2.24) is 0 Å². The maximum absolute atomic E-state index is 11.5. The van der Waals surface area contributed by atoms with Gasteiger partial charge in [-0.25, -0.2) is 0 Å². The molecule has 0 bridgehead atoms. The van der Waals surface area contributed by atoms with Gasteiger partial charge in [0.2, 0.25) is 0 Å². The van der Waals surface area contributed by atoms with Crippen molar-refractivity contribution in [3.8, 4) is 5.75 Å². The van der Waals surface area contributed by atoms with Crippen LogP contribution in [0.3, 0.4) is 0 Å². The minimum Gasteiger partial charge on any atom is -0.497 e. The Morgan fingerprint density at radius 1 is 1.05 bits per heavy atom. The van der Waals surface area contributed by atoms with Gasteiger partial charge in [-0.2, -0.15) is 0 Å². The molecule has 2 fully saturated rings. The molecule has 2 heterocycles. The summed E-state index contributed by atoms with van der Waals surface area (Å²) in [6.45, 7) is 12.8. The van der Waals surface area contributed by atoms with Crippen LogP contribution in [0.5, 0.6) is 5.75 Å². The van der Waals surface area contributed by atoms with Crippen LogP contribution >= 0.6 is 0 Å². The first-order valence-electron chi connectivity index (χ1n) is 15.2. The lowest BCUT2D eigenvalue weighted by Gasteiger charge is -2.44. The monoisotopic (exact) mass is 550 g/mol. The molecule has 1 spiro atoms. The van der Waals surface area contributed by atoms with Gasteiger partial charge in [-0.3, -0.25) is 0 Å². The number of rotatable bonds is 16. The van der Waals surface area contributed by atoms with E-state index in [9.17, 15) is 5.11 Å². The van der Waals surface area contributed by atoms with Gasteiger partial charge in [0.15, 0.2) is 14.1 Å². The Hall–Kier alpha value is -0.963. The lowest BCUT2D eigenvalue weighted by atomic mass is 9.86. The van der Waals surface area contributed by atoms with Crippen LogP contribution in [0.2, 0.25) is 18.1 Å². The van der Waals surface area contributed by atoms with Crippen LogP contribution in [0, 0.1) is 5.92 Å². The number of unbranched alkanes of at least 4 members (excludes halogenated alkanes) is 1. The van der Waals surface area contributed by atoms with E-state index in [0.29, 0.717) is 25.7 Å². The largest absolute Gasteiger partial charge is 0.497 e. The summed E-state index contributed by atoms with van der Waals surface area (Å²) in [7, 11) is -0.101. The fourth-order valence-electron chi connectivity index (χ4n) is 6.19. The van der Waals surface area contributed by atoms with Crippen molar-refractivity contribution in [2.24, 2.45) is 5.92 Å². The molecule has 218 valence electrons. The predicted octanol–water partition coefficient (Wildman–Crippen LogP) is 7.24. The Morgan fingerprint density at radius 3 is 2.39 bits per heavy atom. The van der Waals surface area contributed by atoms with Crippen LogP contribution < -0.4 is 4.74 Å². The fourth-order valence-corrected chi connectivity index (χ4v) is 8.81. The Labute approximate surface area is 232 Å². The first kappa shape index (κ1) is 31.6. The maximum atomic E-state index is 11.5. The number of ether oxygens (including phenoxy) is 4. The van der Waals surface area contributed by atoms with E-state index < -0.39 is 25.8 Å². The molecule has 1 N–H and O–H groups in total. The molecule has 2 saturated heterocycles. The second-order valence-corrected chi connectivity index (χ2v) is 16.4. The third-order valence-corrected chi connectivity index (χ3v) is 14.0. The average Bonchev–Trinajstić information content (AvgIpc) is 3.32. The third kappa shape index (κ3) is 7.82. The molecule has 2 aliphatic heterocycles. The Balaban J connectivity index is 1.59. The smallest absolute Gasteiger partial charge is 0.192 e. The summed E-state index contributed by atoms with van der Waals surface area (Å²) in [4.78, 5) is 0. The molecule has 1 aromatic carbocycles. The van der Waals surface area contributed by atoms with E-state index in [-0.39, 0.29) is 6.10 Å². The zero-order valence-corrected chi connectivity index (χ0v) is 25.9. The average molecular weight is 551 g/mol. The maximum Gasteiger partial charge on any atom is 0.192 e. The molecule has 0 unspecified atom stereocenters. The van der Waals surface area contributed by atoms with Crippen molar-refractivity contribution < 1.29 is 28.5 Å². The van der Waals surface area contributed by atoms with Crippen LogP contribution in [0.1, 0.15) is 91.5 Å². The number of aliphatic hydroxyl groups is 1. The van der Waals surface area contributed by atoms with Gasteiger partial charge < -0.3 is 28.5 Å². The van der Waals surface area contributed by atoms with Crippen LogP contribution in [0.4, 0.5) is 0 Å². The molecule has 0 aromatic heterocycles. The van der Waals surface area contributed by atoms with Crippen molar-refractivity contribution in [2.45, 2.75) is 134 Å². The summed E-state index contributed by atoms with van der Waals surface area (Å²) in [6.07, 6.45) is 6.88. The molecule has 0 aliphatic carbocycles. The molecule has 0 radical (unpaired) electrons. The lowest BCUT2D eigenvalue weighted by molar-refractivity contribution is -0.313. The van der Waals surface area contributed by atoms with E-state index in [0.717, 1.165) is 80.8 Å². The normalized spacial score (nSPS) is 28.6. The van der Waals surface area contributed by atoms with Crippen LogP contribution in [-0.4, -0.2) is 57.3 Å². The fraction of sp³-hybridized carbons (Fsp3) is 0.806. The first-order valence-corrected chi connectivity index (χ1v) is 17.7. The van der Waals surface area contributed by atoms with Gasteiger partial charge in [-0.05, 0) is 67.4 Å². The zero-order valence-electron chi connectivity index (χ0n) is 24.9. The number of hydrogen-bond acceptors (Lipinski definition) is 6. The highest BCUT2D eigenvalue weighted by Gasteiger charge is 2.55. The van der Waals surface area contributed by atoms with E-state index >= 15 is 0 Å². The third-order valence-electron chi connectivity index (χ3n) is 9.32. The summed E-state index contributed by atoms with van der Waals surface area (Å²) in [5.74, 6) is 0.712. The summed E-state index contributed by atoms with van der Waals surface area (Å²) in [5, 5.41) is 11.5. The topological polar surface area (TPSA) is 66.4 Å². The van der Waals surface area contributed by atoms with E-state index in [2.05, 4.69) is 34.6 Å². The molecule has 1 aromatic rings. The second-order valence-electron chi connectivity index (χ2n) is 11.6. The molecular weight excluding hydrogens is 496 g/mol. The zero-order chi connectivity index (χ0) is 27.7. The minimum atomic E-state index is -1.78. The van der Waals surface area contributed by atoms with Crippen molar-refractivity contribution in [1.29, 1.82) is 0 Å². The highest BCUT2D eigenvalue weighted by Crippen LogP contribution is 2.50. The number of benzene rings is 1. The number of hydrogen-bond donors (Lipinski definition) is 1. The Kier molecular flexibility index (Phi) is 12.1. The van der Waals surface area contributed by atoms with Gasteiger partial charge in [0.1, 0.15) is 11.9 Å².